The molecule has 1 amide bonds. The SMILES string of the molecule is COCCCNC(=O)[C@H]1C[C@@H](OCCCC(C)C)C1. The lowest BCUT2D eigenvalue weighted by molar-refractivity contribution is -0.134. The third-order valence-electron chi connectivity index (χ3n) is 3.57. The summed E-state index contributed by atoms with van der Waals surface area (Å²) in [5, 5.41) is 2.95. The van der Waals surface area contributed by atoms with Crippen LogP contribution in [0.15, 0.2) is 0 Å². The van der Waals surface area contributed by atoms with Crippen LogP contribution in [-0.2, 0) is 14.3 Å². The summed E-state index contributed by atoms with van der Waals surface area (Å²) < 4.78 is 10.7. The average Bonchev–Trinajstić information content (AvgIpc) is 2.31. The Morgan fingerprint density at radius 1 is 1.26 bits per heavy atom. The number of hydrogen-bond acceptors (Lipinski definition) is 3. The van der Waals surface area contributed by atoms with Gasteiger partial charge in [-0.15, -0.1) is 0 Å². The predicted octanol–water partition coefficient (Wildman–Crippen LogP) is 2.37. The molecule has 1 aliphatic carbocycles. The summed E-state index contributed by atoms with van der Waals surface area (Å²) in [6, 6.07) is 0. The van der Waals surface area contributed by atoms with Gasteiger partial charge < -0.3 is 14.8 Å². The van der Waals surface area contributed by atoms with Crippen molar-refractivity contribution in [1.82, 2.24) is 5.32 Å². The van der Waals surface area contributed by atoms with Gasteiger partial charge in [0.2, 0.25) is 5.91 Å². The van der Waals surface area contributed by atoms with Crippen LogP contribution in [0.1, 0.15) is 46.0 Å². The van der Waals surface area contributed by atoms with E-state index in [4.69, 9.17) is 9.47 Å². The molecule has 1 N–H and O–H groups in total. The topological polar surface area (TPSA) is 47.6 Å². The number of nitrogens with one attached hydrogen (secondary N) is 1. The van der Waals surface area contributed by atoms with Crippen LogP contribution in [-0.4, -0.2) is 38.9 Å². The second-order valence-corrected chi connectivity index (χ2v) is 5.83. The third kappa shape index (κ3) is 6.92. The predicted molar refractivity (Wildman–Crippen MR) is 76.0 cm³/mol. The molecule has 0 saturated heterocycles. The first-order valence-corrected chi connectivity index (χ1v) is 7.51. The Labute approximate surface area is 117 Å². The summed E-state index contributed by atoms with van der Waals surface area (Å²) in [7, 11) is 1.68. The minimum atomic E-state index is 0.164. The largest absolute Gasteiger partial charge is 0.385 e. The van der Waals surface area contributed by atoms with E-state index in [1.54, 1.807) is 7.11 Å². The van der Waals surface area contributed by atoms with Crippen molar-refractivity contribution in [2.24, 2.45) is 11.8 Å². The molecule has 0 aromatic rings. The molecule has 19 heavy (non-hydrogen) atoms. The van der Waals surface area contributed by atoms with E-state index in [9.17, 15) is 4.79 Å². The lowest BCUT2D eigenvalue weighted by atomic mass is 9.81. The fraction of sp³-hybridized carbons (Fsp3) is 0.933. The molecular formula is C15H29NO3. The van der Waals surface area contributed by atoms with Gasteiger partial charge in [-0.1, -0.05) is 13.8 Å². The normalized spacial score (nSPS) is 22.3. The zero-order valence-electron chi connectivity index (χ0n) is 12.6. The molecule has 0 spiro atoms. The van der Waals surface area contributed by atoms with Crippen molar-refractivity contribution >= 4 is 5.91 Å². The van der Waals surface area contributed by atoms with E-state index in [1.165, 1.54) is 6.42 Å². The molecule has 0 aliphatic heterocycles. The Morgan fingerprint density at radius 2 is 2.00 bits per heavy atom. The summed E-state index contributed by atoms with van der Waals surface area (Å²) in [4.78, 5) is 11.7. The monoisotopic (exact) mass is 271 g/mol. The van der Waals surface area contributed by atoms with Gasteiger partial charge in [0.15, 0.2) is 0 Å². The van der Waals surface area contributed by atoms with Crippen LogP contribution in [0.2, 0.25) is 0 Å². The lowest BCUT2D eigenvalue weighted by Crippen LogP contribution is -2.42. The molecule has 0 unspecified atom stereocenters. The Morgan fingerprint density at radius 3 is 2.63 bits per heavy atom. The lowest BCUT2D eigenvalue weighted by Gasteiger charge is -2.34. The number of carbonyl (C=O) groups excluding carboxylic acids is 1. The number of methoxy groups -OCH3 is 1. The minimum absolute atomic E-state index is 0.164. The molecule has 1 saturated carbocycles. The zero-order valence-corrected chi connectivity index (χ0v) is 12.6. The average molecular weight is 271 g/mol. The Balaban J connectivity index is 1.95. The number of amides is 1. The zero-order chi connectivity index (χ0) is 14.1. The van der Waals surface area contributed by atoms with E-state index >= 15 is 0 Å². The van der Waals surface area contributed by atoms with Crippen molar-refractivity contribution in [2.45, 2.75) is 52.1 Å². The highest BCUT2D eigenvalue weighted by molar-refractivity contribution is 5.79. The van der Waals surface area contributed by atoms with Crippen molar-refractivity contribution in [2.75, 3.05) is 26.9 Å². The van der Waals surface area contributed by atoms with Gasteiger partial charge in [0.25, 0.3) is 0 Å². The van der Waals surface area contributed by atoms with Gasteiger partial charge >= 0.3 is 0 Å². The maximum atomic E-state index is 11.7. The van der Waals surface area contributed by atoms with Gasteiger partial charge in [-0.25, -0.2) is 0 Å². The summed E-state index contributed by atoms with van der Waals surface area (Å²) in [6.07, 6.45) is 5.31. The molecule has 0 radical (unpaired) electrons. The molecule has 0 bridgehead atoms. The van der Waals surface area contributed by atoms with Crippen molar-refractivity contribution in [3.8, 4) is 0 Å². The molecule has 1 rings (SSSR count). The Kier molecular flexibility index (Phi) is 8.07. The van der Waals surface area contributed by atoms with Gasteiger partial charge in [0, 0.05) is 32.8 Å². The first-order chi connectivity index (χ1) is 9.13. The number of rotatable bonds is 10. The molecule has 0 heterocycles. The second kappa shape index (κ2) is 9.32. The Hall–Kier alpha value is -0.610. The summed E-state index contributed by atoms with van der Waals surface area (Å²) in [5.41, 5.74) is 0. The van der Waals surface area contributed by atoms with Gasteiger partial charge in [-0.2, -0.15) is 0 Å². The first-order valence-electron chi connectivity index (χ1n) is 7.51. The summed E-state index contributed by atoms with van der Waals surface area (Å²) in [6.45, 7) is 6.71. The van der Waals surface area contributed by atoms with E-state index in [0.717, 1.165) is 38.2 Å². The maximum Gasteiger partial charge on any atom is 0.223 e. The molecule has 0 atom stereocenters. The molecule has 1 aliphatic rings. The molecular weight excluding hydrogens is 242 g/mol. The molecule has 1 fully saturated rings. The third-order valence-corrected chi connectivity index (χ3v) is 3.57. The molecule has 4 heteroatoms. The van der Waals surface area contributed by atoms with Gasteiger partial charge in [0.05, 0.1) is 6.10 Å². The molecule has 0 aromatic heterocycles. The van der Waals surface area contributed by atoms with Crippen LogP contribution < -0.4 is 5.32 Å². The summed E-state index contributed by atoms with van der Waals surface area (Å²) in [5.74, 6) is 1.09. The number of ether oxygens (including phenoxy) is 2. The van der Waals surface area contributed by atoms with E-state index in [-0.39, 0.29) is 11.8 Å². The highest BCUT2D eigenvalue weighted by Gasteiger charge is 2.34. The fourth-order valence-corrected chi connectivity index (χ4v) is 2.23. The fourth-order valence-electron chi connectivity index (χ4n) is 2.23. The van der Waals surface area contributed by atoms with Crippen molar-refractivity contribution in [3.63, 3.8) is 0 Å². The van der Waals surface area contributed by atoms with Crippen LogP contribution >= 0.6 is 0 Å². The van der Waals surface area contributed by atoms with Crippen LogP contribution in [0.25, 0.3) is 0 Å². The van der Waals surface area contributed by atoms with Crippen molar-refractivity contribution in [1.29, 1.82) is 0 Å². The van der Waals surface area contributed by atoms with Gasteiger partial charge in [-0.3, -0.25) is 4.79 Å². The number of carbonyl (C=O) groups is 1. The van der Waals surface area contributed by atoms with E-state index < -0.39 is 0 Å². The highest BCUT2D eigenvalue weighted by Crippen LogP contribution is 2.30. The highest BCUT2D eigenvalue weighted by atomic mass is 16.5. The number of hydrogen-bond donors (Lipinski definition) is 1. The standard InChI is InChI=1S/C15H29NO3/c1-12(2)6-4-9-19-14-10-13(11-14)15(17)16-7-5-8-18-3/h12-14H,4-11H2,1-3H3,(H,16,17)/t13-,14+. The van der Waals surface area contributed by atoms with E-state index in [0.29, 0.717) is 19.3 Å². The van der Waals surface area contributed by atoms with Crippen molar-refractivity contribution in [3.05, 3.63) is 0 Å². The Bertz CT molecular complexity index is 250. The van der Waals surface area contributed by atoms with Crippen LogP contribution in [0.4, 0.5) is 0 Å². The molecule has 112 valence electrons. The smallest absolute Gasteiger partial charge is 0.223 e. The van der Waals surface area contributed by atoms with Crippen LogP contribution in [0, 0.1) is 11.8 Å². The second-order valence-electron chi connectivity index (χ2n) is 5.83. The minimum Gasteiger partial charge on any atom is -0.385 e. The first kappa shape index (κ1) is 16.4. The van der Waals surface area contributed by atoms with Gasteiger partial charge in [0.1, 0.15) is 0 Å². The van der Waals surface area contributed by atoms with E-state index in [1.807, 2.05) is 0 Å². The van der Waals surface area contributed by atoms with Crippen LogP contribution in [0.3, 0.4) is 0 Å². The van der Waals surface area contributed by atoms with Gasteiger partial charge in [-0.05, 0) is 38.0 Å². The summed E-state index contributed by atoms with van der Waals surface area (Å²) >= 11 is 0. The van der Waals surface area contributed by atoms with Crippen molar-refractivity contribution < 1.29 is 14.3 Å². The van der Waals surface area contributed by atoms with Crippen LogP contribution in [0.5, 0.6) is 0 Å². The maximum absolute atomic E-state index is 11.7. The molecule has 4 nitrogen and oxygen atoms in total. The molecule has 0 aromatic carbocycles. The quantitative estimate of drug-likeness (QED) is 0.621. The van der Waals surface area contributed by atoms with E-state index in [2.05, 4.69) is 19.2 Å².